The number of thioether (sulfide) groups is 1. The van der Waals surface area contributed by atoms with Gasteiger partial charge in [0.05, 0.1) is 13.2 Å². The molecule has 2 aliphatic heterocycles. The Hall–Kier alpha value is 0.230. The summed E-state index contributed by atoms with van der Waals surface area (Å²) in [5, 5.41) is 0.624. The molecule has 2 heterocycles. The molecule has 0 aromatic rings. The van der Waals surface area contributed by atoms with Crippen molar-refractivity contribution in [2.75, 3.05) is 32.1 Å². The molecule has 2 aliphatic rings. The maximum atomic E-state index is 6.18. The second-order valence-electron chi connectivity index (χ2n) is 5.94. The number of ether oxygens (including phenoxy) is 1. The minimum Gasteiger partial charge on any atom is -0.378 e. The van der Waals surface area contributed by atoms with E-state index in [0.29, 0.717) is 5.25 Å². The molecule has 3 nitrogen and oxygen atoms in total. The van der Waals surface area contributed by atoms with Crippen LogP contribution in [0, 0.1) is 0 Å². The Morgan fingerprint density at radius 2 is 2.24 bits per heavy atom. The van der Waals surface area contributed by atoms with Crippen molar-refractivity contribution in [2.45, 2.75) is 49.9 Å². The van der Waals surface area contributed by atoms with Crippen molar-refractivity contribution >= 4 is 11.8 Å². The lowest BCUT2D eigenvalue weighted by Gasteiger charge is -2.57. The number of nitrogens with zero attached hydrogens (tertiary/aromatic N) is 1. The van der Waals surface area contributed by atoms with Gasteiger partial charge in [0.15, 0.2) is 0 Å². The molecule has 0 aliphatic carbocycles. The zero-order chi connectivity index (χ0) is 12.5. The first-order valence-electron chi connectivity index (χ1n) is 6.70. The van der Waals surface area contributed by atoms with Crippen LogP contribution in [0.4, 0.5) is 0 Å². The highest BCUT2D eigenvalue weighted by Gasteiger charge is 2.49. The predicted octanol–water partition coefficient (Wildman–Crippen LogP) is 1.71. The third-order valence-corrected chi connectivity index (χ3v) is 5.88. The van der Waals surface area contributed by atoms with Gasteiger partial charge in [-0.2, -0.15) is 11.8 Å². The Kier molecular flexibility index (Phi) is 4.08. The molecule has 0 radical (unpaired) electrons. The van der Waals surface area contributed by atoms with Crippen LogP contribution in [-0.4, -0.2) is 53.3 Å². The molecule has 2 atom stereocenters. The average Bonchev–Trinajstić information content (AvgIpc) is 2.30. The normalized spacial score (nSPS) is 39.2. The first-order valence-corrected chi connectivity index (χ1v) is 7.75. The van der Waals surface area contributed by atoms with E-state index in [0.717, 1.165) is 26.3 Å². The molecule has 2 unspecified atom stereocenters. The van der Waals surface area contributed by atoms with Crippen LogP contribution in [0.2, 0.25) is 0 Å². The molecule has 17 heavy (non-hydrogen) atoms. The van der Waals surface area contributed by atoms with E-state index in [4.69, 9.17) is 10.5 Å². The van der Waals surface area contributed by atoms with Crippen LogP contribution in [0.5, 0.6) is 0 Å². The van der Waals surface area contributed by atoms with E-state index >= 15 is 0 Å². The molecule has 0 bridgehead atoms. The third kappa shape index (κ3) is 2.37. The molecule has 0 aromatic heterocycles. The van der Waals surface area contributed by atoms with Crippen LogP contribution in [-0.2, 0) is 4.74 Å². The molecular formula is C13H26N2OS. The topological polar surface area (TPSA) is 38.5 Å². The fraction of sp³-hybridized carbons (Fsp3) is 1.00. The summed E-state index contributed by atoms with van der Waals surface area (Å²) < 4.78 is 5.64. The van der Waals surface area contributed by atoms with Crippen LogP contribution in [0.25, 0.3) is 0 Å². The predicted molar refractivity (Wildman–Crippen MR) is 74.5 cm³/mol. The van der Waals surface area contributed by atoms with Gasteiger partial charge in [0.25, 0.3) is 0 Å². The van der Waals surface area contributed by atoms with Gasteiger partial charge in [-0.25, -0.2) is 0 Å². The number of hydrogen-bond donors (Lipinski definition) is 1. The van der Waals surface area contributed by atoms with E-state index in [1.54, 1.807) is 0 Å². The fourth-order valence-electron chi connectivity index (χ4n) is 3.41. The van der Waals surface area contributed by atoms with E-state index in [9.17, 15) is 0 Å². The van der Waals surface area contributed by atoms with Gasteiger partial charge in [0.1, 0.15) is 0 Å². The van der Waals surface area contributed by atoms with Crippen molar-refractivity contribution in [2.24, 2.45) is 5.73 Å². The highest BCUT2D eigenvalue weighted by Crippen LogP contribution is 2.41. The second-order valence-corrected chi connectivity index (χ2v) is 7.39. The lowest BCUT2D eigenvalue weighted by Crippen LogP contribution is -2.69. The highest BCUT2D eigenvalue weighted by molar-refractivity contribution is 8.00. The Bertz CT molecular complexity index is 272. The summed E-state index contributed by atoms with van der Waals surface area (Å²) in [5.41, 5.74) is 6.48. The Balaban J connectivity index is 2.26. The minimum atomic E-state index is 0.115. The summed E-state index contributed by atoms with van der Waals surface area (Å²) in [4.78, 5) is 2.64. The van der Waals surface area contributed by atoms with Crippen molar-refractivity contribution in [3.05, 3.63) is 0 Å². The van der Waals surface area contributed by atoms with Crippen LogP contribution in [0.3, 0.4) is 0 Å². The van der Waals surface area contributed by atoms with Gasteiger partial charge in [-0.1, -0.05) is 6.92 Å². The zero-order valence-corrected chi connectivity index (χ0v) is 12.2. The van der Waals surface area contributed by atoms with Gasteiger partial charge >= 0.3 is 0 Å². The van der Waals surface area contributed by atoms with Gasteiger partial charge in [-0.15, -0.1) is 0 Å². The maximum Gasteiger partial charge on any atom is 0.0645 e. The van der Waals surface area contributed by atoms with Gasteiger partial charge in [-0.3, -0.25) is 4.90 Å². The standard InChI is InChI=1S/C13H26N2OS/c1-11-13(9-14,5-4-8-17-11)15-6-7-16-10-12(15,2)3/h11H,4-10,14H2,1-3H3. The maximum absolute atomic E-state index is 6.18. The van der Waals surface area contributed by atoms with Crippen molar-refractivity contribution < 1.29 is 4.74 Å². The largest absolute Gasteiger partial charge is 0.378 e. The van der Waals surface area contributed by atoms with E-state index < -0.39 is 0 Å². The summed E-state index contributed by atoms with van der Waals surface area (Å²) in [6, 6.07) is 0. The Labute approximate surface area is 109 Å². The first-order chi connectivity index (χ1) is 8.03. The van der Waals surface area contributed by atoms with Crippen molar-refractivity contribution in [3.8, 4) is 0 Å². The average molecular weight is 258 g/mol. The molecular weight excluding hydrogens is 232 g/mol. The SMILES string of the molecule is CC1SCCCC1(CN)N1CCOCC1(C)C. The monoisotopic (exact) mass is 258 g/mol. The third-order valence-electron chi connectivity index (χ3n) is 4.41. The van der Waals surface area contributed by atoms with Gasteiger partial charge in [0.2, 0.25) is 0 Å². The molecule has 0 saturated carbocycles. The molecule has 0 amide bonds. The summed E-state index contributed by atoms with van der Waals surface area (Å²) in [6.07, 6.45) is 2.53. The molecule has 2 fully saturated rings. The molecule has 100 valence electrons. The van der Waals surface area contributed by atoms with Crippen molar-refractivity contribution in [3.63, 3.8) is 0 Å². The fourth-order valence-corrected chi connectivity index (χ4v) is 4.73. The number of morpholine rings is 1. The van der Waals surface area contributed by atoms with Crippen LogP contribution >= 0.6 is 11.8 Å². The Morgan fingerprint density at radius 1 is 1.47 bits per heavy atom. The smallest absolute Gasteiger partial charge is 0.0645 e. The first kappa shape index (κ1) is 13.7. The quantitative estimate of drug-likeness (QED) is 0.818. The van der Waals surface area contributed by atoms with Crippen LogP contribution in [0.15, 0.2) is 0 Å². The number of nitrogens with two attached hydrogens (primary N) is 1. The Morgan fingerprint density at radius 3 is 2.82 bits per heavy atom. The molecule has 0 spiro atoms. The second kappa shape index (κ2) is 5.08. The van der Waals surface area contributed by atoms with Crippen LogP contribution < -0.4 is 5.73 Å². The van der Waals surface area contributed by atoms with Gasteiger partial charge in [-0.05, 0) is 32.4 Å². The van der Waals surface area contributed by atoms with E-state index in [2.05, 4.69) is 37.4 Å². The highest BCUT2D eigenvalue weighted by atomic mass is 32.2. The lowest BCUT2D eigenvalue weighted by atomic mass is 9.83. The molecule has 4 heteroatoms. The lowest BCUT2D eigenvalue weighted by molar-refractivity contribution is -0.106. The van der Waals surface area contributed by atoms with Crippen LogP contribution in [0.1, 0.15) is 33.6 Å². The molecule has 2 N–H and O–H groups in total. The van der Waals surface area contributed by atoms with Gasteiger partial charge < -0.3 is 10.5 Å². The van der Waals surface area contributed by atoms with Gasteiger partial charge in [0, 0.05) is 29.4 Å². The summed E-state index contributed by atoms with van der Waals surface area (Å²) in [7, 11) is 0. The van der Waals surface area contributed by atoms with Crippen molar-refractivity contribution in [1.82, 2.24) is 4.90 Å². The number of rotatable bonds is 2. The summed E-state index contributed by atoms with van der Waals surface area (Å²) >= 11 is 2.08. The van der Waals surface area contributed by atoms with E-state index in [1.807, 2.05) is 0 Å². The molecule has 2 saturated heterocycles. The zero-order valence-electron chi connectivity index (χ0n) is 11.4. The minimum absolute atomic E-state index is 0.115. The summed E-state index contributed by atoms with van der Waals surface area (Å²) in [5.74, 6) is 1.29. The number of hydrogen-bond acceptors (Lipinski definition) is 4. The summed E-state index contributed by atoms with van der Waals surface area (Å²) in [6.45, 7) is 10.4. The van der Waals surface area contributed by atoms with Crippen molar-refractivity contribution in [1.29, 1.82) is 0 Å². The van der Waals surface area contributed by atoms with E-state index in [1.165, 1.54) is 18.6 Å². The molecule has 0 aromatic carbocycles. The molecule has 2 rings (SSSR count). The van der Waals surface area contributed by atoms with E-state index in [-0.39, 0.29) is 11.1 Å².